The zero-order chi connectivity index (χ0) is 7.49. The predicted molar refractivity (Wildman–Crippen MR) is 44.9 cm³/mol. The van der Waals surface area contributed by atoms with Crippen molar-refractivity contribution in [2.45, 2.75) is 13.3 Å². The van der Waals surface area contributed by atoms with Gasteiger partial charge in [0.05, 0.1) is 6.16 Å². The first-order valence-corrected chi connectivity index (χ1v) is 6.53. The Labute approximate surface area is 58.2 Å². The van der Waals surface area contributed by atoms with Crippen molar-refractivity contribution in [2.24, 2.45) is 0 Å². The SMILES string of the molecule is CC(=O)CC[P+](C)(C)C. The fourth-order valence-electron chi connectivity index (χ4n) is 0.493. The molecule has 0 aliphatic heterocycles. The molecule has 0 aliphatic carbocycles. The van der Waals surface area contributed by atoms with Crippen molar-refractivity contribution in [3.8, 4) is 0 Å². The molecule has 0 amide bonds. The number of carbonyl (C=O) groups is 1. The Balaban J connectivity index is 3.39. The van der Waals surface area contributed by atoms with Crippen LogP contribution in [-0.4, -0.2) is 31.9 Å². The van der Waals surface area contributed by atoms with E-state index in [1.165, 1.54) is 0 Å². The number of Topliss-reactive ketones (excluding diaryl/α,β-unsaturated/α-hetero) is 1. The first kappa shape index (κ1) is 9.10. The lowest BCUT2D eigenvalue weighted by Gasteiger charge is -2.08. The summed E-state index contributed by atoms with van der Waals surface area (Å²) in [6.07, 6.45) is 1.89. The summed E-state index contributed by atoms with van der Waals surface area (Å²) in [6, 6.07) is 0. The first-order valence-electron chi connectivity index (χ1n) is 3.22. The van der Waals surface area contributed by atoms with Gasteiger partial charge in [-0.05, 0) is 6.92 Å². The maximum atomic E-state index is 10.5. The molecule has 2 heteroatoms. The topological polar surface area (TPSA) is 17.1 Å². The first-order chi connectivity index (χ1) is 3.92. The molecule has 0 saturated carbocycles. The lowest BCUT2D eigenvalue weighted by atomic mass is 10.4. The summed E-state index contributed by atoms with van der Waals surface area (Å²) >= 11 is 0. The predicted octanol–water partition coefficient (Wildman–Crippen LogP) is 1.87. The zero-order valence-electron chi connectivity index (χ0n) is 6.77. The molecule has 0 N–H and O–H groups in total. The van der Waals surface area contributed by atoms with E-state index in [0.717, 1.165) is 12.6 Å². The standard InChI is InChI=1S/C7H16OP/c1-7(8)5-6-9(2,3)4/h5-6H2,1-4H3/q+1. The summed E-state index contributed by atoms with van der Waals surface area (Å²) in [4.78, 5) is 10.5. The lowest BCUT2D eigenvalue weighted by molar-refractivity contribution is -0.116. The second-order valence-electron chi connectivity index (χ2n) is 3.47. The minimum atomic E-state index is -0.690. The van der Waals surface area contributed by atoms with Crippen molar-refractivity contribution < 1.29 is 4.79 Å². The van der Waals surface area contributed by atoms with Gasteiger partial charge in [-0.15, -0.1) is 0 Å². The molecule has 0 aromatic heterocycles. The molecule has 0 aromatic rings. The maximum Gasteiger partial charge on any atom is 0.133 e. The van der Waals surface area contributed by atoms with E-state index in [1.807, 2.05) is 0 Å². The minimum Gasteiger partial charge on any atom is -0.300 e. The highest BCUT2D eigenvalue weighted by molar-refractivity contribution is 7.73. The molecule has 54 valence electrons. The van der Waals surface area contributed by atoms with E-state index in [2.05, 4.69) is 20.0 Å². The molecule has 0 saturated heterocycles. The van der Waals surface area contributed by atoms with Gasteiger partial charge in [0.25, 0.3) is 0 Å². The van der Waals surface area contributed by atoms with Gasteiger partial charge in [-0.1, -0.05) is 0 Å². The lowest BCUT2D eigenvalue weighted by Crippen LogP contribution is -1.98. The third-order valence-electron chi connectivity index (χ3n) is 1.13. The molecule has 0 atom stereocenters. The summed E-state index contributed by atoms with van der Waals surface area (Å²) in [5.74, 6) is 0.324. The molecule has 0 rings (SSSR count). The Hall–Kier alpha value is 0.100. The van der Waals surface area contributed by atoms with Crippen molar-refractivity contribution in [3.05, 3.63) is 0 Å². The van der Waals surface area contributed by atoms with E-state index in [1.54, 1.807) is 6.92 Å². The third kappa shape index (κ3) is 8.10. The van der Waals surface area contributed by atoms with Crippen LogP contribution in [0.15, 0.2) is 0 Å². The molecule has 1 nitrogen and oxygen atoms in total. The minimum absolute atomic E-state index is 0.324. The van der Waals surface area contributed by atoms with E-state index in [-0.39, 0.29) is 0 Å². The van der Waals surface area contributed by atoms with E-state index in [9.17, 15) is 4.79 Å². The number of rotatable bonds is 3. The monoisotopic (exact) mass is 147 g/mol. The molecule has 0 spiro atoms. The van der Waals surface area contributed by atoms with Crippen molar-refractivity contribution in [1.82, 2.24) is 0 Å². The van der Waals surface area contributed by atoms with Gasteiger partial charge in [-0.2, -0.15) is 0 Å². The quantitative estimate of drug-likeness (QED) is 0.557. The van der Waals surface area contributed by atoms with Crippen LogP contribution in [-0.2, 0) is 4.79 Å². The molecule has 0 radical (unpaired) electrons. The van der Waals surface area contributed by atoms with Crippen LogP contribution in [0, 0.1) is 0 Å². The van der Waals surface area contributed by atoms with E-state index >= 15 is 0 Å². The van der Waals surface area contributed by atoms with E-state index < -0.39 is 7.26 Å². The van der Waals surface area contributed by atoms with Crippen LogP contribution in [0.25, 0.3) is 0 Å². The van der Waals surface area contributed by atoms with Crippen LogP contribution >= 0.6 is 7.26 Å². The molecule has 9 heavy (non-hydrogen) atoms. The fraction of sp³-hybridized carbons (Fsp3) is 0.857. The average molecular weight is 147 g/mol. The Morgan fingerprint density at radius 3 is 1.89 bits per heavy atom. The highest BCUT2D eigenvalue weighted by Gasteiger charge is 2.16. The van der Waals surface area contributed by atoms with Crippen LogP contribution in [0.1, 0.15) is 13.3 Å². The van der Waals surface area contributed by atoms with E-state index in [0.29, 0.717) is 5.78 Å². The summed E-state index contributed by atoms with van der Waals surface area (Å²) in [6.45, 7) is 8.44. The van der Waals surface area contributed by atoms with Gasteiger partial charge in [0.2, 0.25) is 0 Å². The van der Waals surface area contributed by atoms with Crippen LogP contribution in [0.5, 0.6) is 0 Å². The molecule has 0 aromatic carbocycles. The van der Waals surface area contributed by atoms with Crippen molar-refractivity contribution in [3.63, 3.8) is 0 Å². The van der Waals surface area contributed by atoms with Gasteiger partial charge >= 0.3 is 0 Å². The van der Waals surface area contributed by atoms with Crippen molar-refractivity contribution >= 4 is 13.0 Å². The number of hydrogen-bond acceptors (Lipinski definition) is 1. The fourth-order valence-corrected chi connectivity index (χ4v) is 1.48. The summed E-state index contributed by atoms with van der Waals surface area (Å²) in [5.41, 5.74) is 0. The maximum absolute atomic E-state index is 10.5. The molecule has 0 fully saturated rings. The summed E-state index contributed by atoms with van der Waals surface area (Å²) in [7, 11) is -0.690. The Bertz CT molecular complexity index is 102. The highest BCUT2D eigenvalue weighted by atomic mass is 31.2. The second kappa shape index (κ2) is 3.31. The normalized spacial score (nSPS) is 11.6. The molecule has 0 aliphatic rings. The van der Waals surface area contributed by atoms with Crippen molar-refractivity contribution in [1.29, 1.82) is 0 Å². The van der Waals surface area contributed by atoms with Gasteiger partial charge in [0.1, 0.15) is 5.78 Å². The van der Waals surface area contributed by atoms with Crippen LogP contribution < -0.4 is 0 Å². The van der Waals surface area contributed by atoms with E-state index in [4.69, 9.17) is 0 Å². The van der Waals surface area contributed by atoms with Crippen LogP contribution in [0.2, 0.25) is 0 Å². The molecular formula is C7H16OP+. The average Bonchev–Trinajstić information content (AvgIpc) is 1.59. The smallest absolute Gasteiger partial charge is 0.133 e. The Morgan fingerprint density at radius 2 is 1.78 bits per heavy atom. The second-order valence-corrected chi connectivity index (χ2v) is 8.49. The van der Waals surface area contributed by atoms with Gasteiger partial charge in [0, 0.05) is 33.7 Å². The molecule has 0 bridgehead atoms. The Kier molecular flexibility index (Phi) is 3.35. The molecular weight excluding hydrogens is 131 g/mol. The highest BCUT2D eigenvalue weighted by Crippen LogP contribution is 2.46. The van der Waals surface area contributed by atoms with Crippen molar-refractivity contribution in [2.75, 3.05) is 26.2 Å². The number of ketones is 1. The third-order valence-corrected chi connectivity index (χ3v) is 2.70. The van der Waals surface area contributed by atoms with Gasteiger partial charge in [0.15, 0.2) is 0 Å². The summed E-state index contributed by atoms with van der Waals surface area (Å²) < 4.78 is 0. The zero-order valence-corrected chi connectivity index (χ0v) is 7.66. The summed E-state index contributed by atoms with van der Waals surface area (Å²) in [5, 5.41) is 0. The van der Waals surface area contributed by atoms with Crippen LogP contribution in [0.3, 0.4) is 0 Å². The van der Waals surface area contributed by atoms with Crippen LogP contribution in [0.4, 0.5) is 0 Å². The number of carbonyl (C=O) groups excluding carboxylic acids is 1. The largest absolute Gasteiger partial charge is 0.300 e. The number of hydrogen-bond donors (Lipinski definition) is 0. The van der Waals surface area contributed by atoms with Gasteiger partial charge in [-0.25, -0.2) is 0 Å². The molecule has 0 heterocycles. The van der Waals surface area contributed by atoms with Gasteiger partial charge < -0.3 is 0 Å². The van der Waals surface area contributed by atoms with Gasteiger partial charge in [-0.3, -0.25) is 4.79 Å². The molecule has 0 unspecified atom stereocenters. The Morgan fingerprint density at radius 1 is 1.33 bits per heavy atom.